The Morgan fingerprint density at radius 1 is 1.67 bits per heavy atom. The van der Waals surface area contributed by atoms with Crippen LogP contribution in [0.3, 0.4) is 0 Å². The molecule has 0 aliphatic heterocycles. The molecule has 1 heterocycles. The van der Waals surface area contributed by atoms with Gasteiger partial charge in [0.05, 0.1) is 17.4 Å². The van der Waals surface area contributed by atoms with Gasteiger partial charge in [0.1, 0.15) is 5.82 Å². The predicted molar refractivity (Wildman–Crippen MR) is 65.5 cm³/mol. The van der Waals surface area contributed by atoms with E-state index in [1.165, 1.54) is 18.3 Å². The van der Waals surface area contributed by atoms with E-state index >= 15 is 0 Å². The van der Waals surface area contributed by atoms with Crippen LogP contribution in [-0.2, 0) is 4.79 Å². The number of carboxylic acid groups (broad SMARTS) is 1. The molecule has 1 unspecified atom stereocenters. The summed E-state index contributed by atoms with van der Waals surface area (Å²) in [6.07, 6.45) is 2.76. The Labute approximate surface area is 104 Å². The first kappa shape index (κ1) is 13.9. The van der Waals surface area contributed by atoms with Gasteiger partial charge in [-0.15, -0.1) is 0 Å². The van der Waals surface area contributed by atoms with E-state index in [0.29, 0.717) is 12.2 Å². The average molecular weight is 253 g/mol. The normalized spacial score (nSPS) is 11.8. The van der Waals surface area contributed by atoms with Crippen LogP contribution in [0.2, 0.25) is 0 Å². The topological polar surface area (TPSA) is 105 Å². The van der Waals surface area contributed by atoms with E-state index in [1.54, 1.807) is 0 Å². The second kappa shape index (κ2) is 6.53. The maximum atomic E-state index is 10.7. The second-order valence-corrected chi connectivity index (χ2v) is 3.88. The lowest BCUT2D eigenvalue weighted by Gasteiger charge is -2.16. The highest BCUT2D eigenvalue weighted by atomic mass is 16.6. The van der Waals surface area contributed by atoms with Crippen molar-refractivity contribution in [3.8, 4) is 0 Å². The lowest BCUT2D eigenvalue weighted by Crippen LogP contribution is -2.23. The number of carboxylic acids is 1. The second-order valence-electron chi connectivity index (χ2n) is 3.88. The van der Waals surface area contributed by atoms with Gasteiger partial charge in [-0.25, -0.2) is 4.98 Å². The molecule has 0 fully saturated rings. The molecule has 98 valence electrons. The Bertz CT molecular complexity index is 436. The van der Waals surface area contributed by atoms with Crippen LogP contribution in [0.1, 0.15) is 26.2 Å². The summed E-state index contributed by atoms with van der Waals surface area (Å²) < 4.78 is 0. The molecule has 0 saturated heterocycles. The van der Waals surface area contributed by atoms with Gasteiger partial charge in [0.15, 0.2) is 0 Å². The van der Waals surface area contributed by atoms with Gasteiger partial charge in [0.2, 0.25) is 0 Å². The lowest BCUT2D eigenvalue weighted by atomic mass is 10.1. The number of hydrogen-bond donors (Lipinski definition) is 2. The van der Waals surface area contributed by atoms with Gasteiger partial charge < -0.3 is 10.4 Å². The summed E-state index contributed by atoms with van der Waals surface area (Å²) in [5.41, 5.74) is -0.0712. The van der Waals surface area contributed by atoms with Crippen molar-refractivity contribution in [3.63, 3.8) is 0 Å². The van der Waals surface area contributed by atoms with Crippen LogP contribution in [0, 0.1) is 10.1 Å². The number of aromatic nitrogens is 1. The Hall–Kier alpha value is -2.18. The van der Waals surface area contributed by atoms with E-state index in [-0.39, 0.29) is 18.2 Å². The maximum Gasteiger partial charge on any atom is 0.305 e. The molecule has 2 N–H and O–H groups in total. The van der Waals surface area contributed by atoms with Crippen LogP contribution in [0.5, 0.6) is 0 Å². The third kappa shape index (κ3) is 4.36. The van der Waals surface area contributed by atoms with Crippen molar-refractivity contribution in [2.75, 3.05) is 5.32 Å². The fourth-order valence-electron chi connectivity index (χ4n) is 1.61. The summed E-state index contributed by atoms with van der Waals surface area (Å²) in [5.74, 6) is -0.588. The molecular weight excluding hydrogens is 238 g/mol. The fourth-order valence-corrected chi connectivity index (χ4v) is 1.61. The summed E-state index contributed by atoms with van der Waals surface area (Å²) in [7, 11) is 0. The molecule has 0 aliphatic carbocycles. The van der Waals surface area contributed by atoms with Crippen LogP contribution in [-0.4, -0.2) is 27.0 Å². The average Bonchev–Trinajstić information content (AvgIpc) is 2.28. The summed E-state index contributed by atoms with van der Waals surface area (Å²) in [6, 6.07) is 2.31. The number of hydrogen-bond acceptors (Lipinski definition) is 5. The molecule has 0 amide bonds. The number of rotatable bonds is 7. The highest BCUT2D eigenvalue weighted by molar-refractivity contribution is 5.68. The van der Waals surface area contributed by atoms with Gasteiger partial charge in [-0.3, -0.25) is 14.9 Å². The van der Waals surface area contributed by atoms with Gasteiger partial charge in [0.25, 0.3) is 5.69 Å². The van der Waals surface area contributed by atoms with Gasteiger partial charge in [-0.05, 0) is 6.42 Å². The first-order valence-electron chi connectivity index (χ1n) is 5.61. The standard InChI is InChI=1S/C11H15N3O4/c1-2-3-8(6-11(15)16)13-10-7-9(14(17)18)4-5-12-10/h4-5,7-8H,2-3,6H2,1H3,(H,12,13)(H,15,16). The molecule has 0 saturated carbocycles. The Balaban J connectivity index is 2.76. The summed E-state index contributed by atoms with van der Waals surface area (Å²) >= 11 is 0. The number of anilines is 1. The van der Waals surface area contributed by atoms with Crippen LogP contribution >= 0.6 is 0 Å². The van der Waals surface area contributed by atoms with Gasteiger partial charge in [-0.2, -0.15) is 0 Å². The zero-order chi connectivity index (χ0) is 13.5. The van der Waals surface area contributed by atoms with E-state index in [0.717, 1.165) is 6.42 Å². The first-order chi connectivity index (χ1) is 8.52. The lowest BCUT2D eigenvalue weighted by molar-refractivity contribution is -0.384. The van der Waals surface area contributed by atoms with Crippen molar-refractivity contribution in [1.29, 1.82) is 0 Å². The highest BCUT2D eigenvalue weighted by Gasteiger charge is 2.14. The highest BCUT2D eigenvalue weighted by Crippen LogP contribution is 2.16. The SMILES string of the molecule is CCCC(CC(=O)O)Nc1cc([N+](=O)[O-])ccn1. The van der Waals surface area contributed by atoms with Gasteiger partial charge in [0, 0.05) is 18.3 Å². The molecule has 0 spiro atoms. The van der Waals surface area contributed by atoms with Crippen molar-refractivity contribution >= 4 is 17.5 Å². The minimum Gasteiger partial charge on any atom is -0.481 e. The minimum atomic E-state index is -0.911. The first-order valence-corrected chi connectivity index (χ1v) is 5.61. The van der Waals surface area contributed by atoms with Crippen molar-refractivity contribution in [2.45, 2.75) is 32.2 Å². The summed E-state index contributed by atoms with van der Waals surface area (Å²) in [4.78, 5) is 24.7. The van der Waals surface area contributed by atoms with E-state index in [9.17, 15) is 14.9 Å². The Kier molecular flexibility index (Phi) is 5.04. The van der Waals surface area contributed by atoms with Gasteiger partial charge in [-0.1, -0.05) is 13.3 Å². The molecule has 1 aromatic heterocycles. The van der Waals surface area contributed by atoms with E-state index in [1.807, 2.05) is 6.92 Å². The van der Waals surface area contributed by atoms with Crippen molar-refractivity contribution < 1.29 is 14.8 Å². The molecule has 18 heavy (non-hydrogen) atoms. The molecule has 1 atom stereocenters. The number of nitrogens with zero attached hydrogens (tertiary/aromatic N) is 2. The number of nitrogens with one attached hydrogen (secondary N) is 1. The molecule has 7 heteroatoms. The summed E-state index contributed by atoms with van der Waals surface area (Å²) in [5, 5.41) is 22.3. The third-order valence-corrected chi connectivity index (χ3v) is 2.36. The number of aliphatic carboxylic acids is 1. The fraction of sp³-hybridized carbons (Fsp3) is 0.455. The molecule has 0 aliphatic rings. The van der Waals surface area contributed by atoms with Gasteiger partial charge >= 0.3 is 5.97 Å². The van der Waals surface area contributed by atoms with Crippen molar-refractivity contribution in [2.24, 2.45) is 0 Å². The zero-order valence-electron chi connectivity index (χ0n) is 10.00. The Morgan fingerprint density at radius 2 is 2.39 bits per heavy atom. The quantitative estimate of drug-likeness (QED) is 0.569. The summed E-state index contributed by atoms with van der Waals surface area (Å²) in [6.45, 7) is 1.94. The van der Waals surface area contributed by atoms with Crippen molar-refractivity contribution in [3.05, 3.63) is 28.4 Å². The monoisotopic (exact) mass is 253 g/mol. The number of pyridine rings is 1. The molecule has 1 rings (SSSR count). The van der Waals surface area contributed by atoms with Crippen LogP contribution in [0.4, 0.5) is 11.5 Å². The molecule has 7 nitrogen and oxygen atoms in total. The van der Waals surface area contributed by atoms with E-state index < -0.39 is 10.9 Å². The molecule has 0 radical (unpaired) electrons. The zero-order valence-corrected chi connectivity index (χ0v) is 10.00. The third-order valence-electron chi connectivity index (χ3n) is 2.36. The molecule has 0 bridgehead atoms. The number of carbonyl (C=O) groups is 1. The molecule has 0 aromatic carbocycles. The molecular formula is C11H15N3O4. The van der Waals surface area contributed by atoms with Crippen LogP contribution in [0.25, 0.3) is 0 Å². The molecule has 1 aromatic rings. The van der Waals surface area contributed by atoms with Crippen molar-refractivity contribution in [1.82, 2.24) is 4.98 Å². The smallest absolute Gasteiger partial charge is 0.305 e. The van der Waals surface area contributed by atoms with Crippen LogP contribution < -0.4 is 5.32 Å². The largest absolute Gasteiger partial charge is 0.481 e. The number of nitro groups is 1. The maximum absolute atomic E-state index is 10.7. The van der Waals surface area contributed by atoms with E-state index in [4.69, 9.17) is 5.11 Å². The minimum absolute atomic E-state index is 0.0434. The Morgan fingerprint density at radius 3 is 2.94 bits per heavy atom. The van der Waals surface area contributed by atoms with E-state index in [2.05, 4.69) is 10.3 Å². The van der Waals surface area contributed by atoms with Crippen LogP contribution in [0.15, 0.2) is 18.3 Å². The predicted octanol–water partition coefficient (Wildman–Crippen LogP) is 2.05.